The van der Waals surface area contributed by atoms with Gasteiger partial charge in [0.2, 0.25) is 0 Å². The van der Waals surface area contributed by atoms with E-state index in [0.29, 0.717) is 5.92 Å². The minimum Gasteiger partial charge on any atom is -0.346 e. The third kappa shape index (κ3) is 3.62. The minimum absolute atomic E-state index is 0.195. The number of nitrogens with one attached hydrogen (secondary N) is 1. The van der Waals surface area contributed by atoms with E-state index in [0.717, 1.165) is 22.5 Å². The Kier molecular flexibility index (Phi) is 5.26. The third-order valence-electron chi connectivity index (χ3n) is 8.84. The van der Waals surface area contributed by atoms with Crippen molar-refractivity contribution in [3.05, 3.63) is 156 Å². The molecule has 42 heavy (non-hydrogen) atoms. The summed E-state index contributed by atoms with van der Waals surface area (Å²) in [6.45, 7) is 0. The van der Waals surface area contributed by atoms with Crippen molar-refractivity contribution in [3.8, 4) is 11.1 Å². The van der Waals surface area contributed by atoms with Gasteiger partial charge in [0.1, 0.15) is 0 Å². The number of allylic oxidation sites excluding steroid dienone is 2. The molecule has 0 radical (unpaired) electrons. The van der Waals surface area contributed by atoms with Crippen molar-refractivity contribution >= 4 is 48.6 Å². The molecular weight excluding hydrogens is 531 g/mol. The largest absolute Gasteiger partial charge is 0.346 e. The molecule has 0 amide bonds. The van der Waals surface area contributed by atoms with Gasteiger partial charge in [0.05, 0.1) is 11.8 Å². The lowest BCUT2D eigenvalue weighted by Gasteiger charge is -2.37. The topological polar surface area (TPSA) is 27.6 Å². The third-order valence-corrected chi connectivity index (χ3v) is 9.97. The Balaban J connectivity index is 1.19. The zero-order valence-electron chi connectivity index (χ0n) is 22.8. The number of fused-ring (bicyclic) bond motifs is 7. The molecule has 0 fully saturated rings. The van der Waals surface area contributed by atoms with Crippen LogP contribution in [0.4, 0.5) is 11.4 Å². The van der Waals surface area contributed by atoms with Gasteiger partial charge < -0.3 is 10.2 Å². The Labute approximate surface area is 248 Å². The van der Waals surface area contributed by atoms with E-state index >= 15 is 0 Å². The first-order valence-electron chi connectivity index (χ1n) is 14.5. The lowest BCUT2D eigenvalue weighted by Crippen LogP contribution is -2.47. The highest BCUT2D eigenvalue weighted by Crippen LogP contribution is 2.49. The number of aliphatic imine (C=N–C) groups is 1. The fraction of sp³-hybridized carbons (Fsp3) is 0.0789. The Morgan fingerprint density at radius 2 is 1.38 bits per heavy atom. The van der Waals surface area contributed by atoms with Crippen molar-refractivity contribution in [1.82, 2.24) is 0 Å². The van der Waals surface area contributed by atoms with Gasteiger partial charge in [-0.15, -0.1) is 11.3 Å². The van der Waals surface area contributed by atoms with E-state index in [1.807, 2.05) is 11.3 Å². The summed E-state index contributed by atoms with van der Waals surface area (Å²) in [7, 11) is 0. The van der Waals surface area contributed by atoms with Crippen LogP contribution in [-0.2, 0) is 0 Å². The van der Waals surface area contributed by atoms with Crippen LogP contribution in [0.3, 0.4) is 0 Å². The Hall–Kier alpha value is -4.93. The quantitative estimate of drug-likeness (QED) is 0.235. The molecular formula is C38H27N3S. The van der Waals surface area contributed by atoms with Gasteiger partial charge in [-0.05, 0) is 41.0 Å². The van der Waals surface area contributed by atoms with E-state index in [4.69, 9.17) is 4.99 Å². The van der Waals surface area contributed by atoms with Crippen molar-refractivity contribution in [2.45, 2.75) is 18.2 Å². The molecule has 3 atom stereocenters. The van der Waals surface area contributed by atoms with Crippen molar-refractivity contribution in [1.29, 1.82) is 0 Å². The maximum absolute atomic E-state index is 5.47. The van der Waals surface area contributed by atoms with E-state index in [-0.39, 0.29) is 12.3 Å². The number of thiophene rings is 1. The average molecular weight is 558 g/mol. The number of para-hydroxylation sites is 1. The molecule has 3 nitrogen and oxygen atoms in total. The first kappa shape index (κ1) is 23.7. The number of rotatable bonds is 3. The number of hydrogen-bond acceptors (Lipinski definition) is 4. The molecule has 5 aromatic carbocycles. The molecule has 1 N–H and O–H groups in total. The molecule has 1 aromatic heterocycles. The van der Waals surface area contributed by atoms with Gasteiger partial charge in [-0.1, -0.05) is 115 Å². The summed E-state index contributed by atoms with van der Waals surface area (Å²) in [5.74, 6) is 0.294. The summed E-state index contributed by atoms with van der Waals surface area (Å²) >= 11 is 1.89. The van der Waals surface area contributed by atoms with Gasteiger partial charge in [0.15, 0.2) is 6.29 Å². The SMILES string of the molecule is C1=CC2c3cc4sc5ccccc5c4cc3N(C3N=C(c4ccc(-c5ccccc5)cc4)c4ccccc4N3)C2C=C1. The predicted octanol–water partition coefficient (Wildman–Crippen LogP) is 9.37. The molecule has 0 saturated heterocycles. The Morgan fingerprint density at radius 3 is 2.29 bits per heavy atom. The number of benzene rings is 5. The van der Waals surface area contributed by atoms with E-state index in [2.05, 4.69) is 150 Å². The maximum Gasteiger partial charge on any atom is 0.197 e. The molecule has 3 aliphatic rings. The van der Waals surface area contributed by atoms with Crippen LogP contribution in [0.2, 0.25) is 0 Å². The minimum atomic E-state index is -0.240. The van der Waals surface area contributed by atoms with Crippen molar-refractivity contribution < 1.29 is 0 Å². The molecule has 2 aliphatic heterocycles. The van der Waals surface area contributed by atoms with Crippen molar-refractivity contribution in [2.24, 2.45) is 4.99 Å². The van der Waals surface area contributed by atoms with E-state index in [1.54, 1.807) is 0 Å². The summed E-state index contributed by atoms with van der Waals surface area (Å²) in [4.78, 5) is 7.97. The zero-order valence-corrected chi connectivity index (χ0v) is 23.6. The fourth-order valence-corrected chi connectivity index (χ4v) is 8.00. The molecule has 6 aromatic rings. The van der Waals surface area contributed by atoms with Gasteiger partial charge in [0.25, 0.3) is 0 Å². The molecule has 0 spiro atoms. The summed E-state index contributed by atoms with van der Waals surface area (Å²) in [5, 5.41) is 6.46. The van der Waals surface area contributed by atoms with E-state index in [9.17, 15) is 0 Å². The van der Waals surface area contributed by atoms with Crippen LogP contribution in [0, 0.1) is 0 Å². The molecule has 4 heteroatoms. The first-order chi connectivity index (χ1) is 20.8. The van der Waals surface area contributed by atoms with Gasteiger partial charge in [0, 0.05) is 48.6 Å². The summed E-state index contributed by atoms with van der Waals surface area (Å²) in [6, 6.07) is 41.7. The monoisotopic (exact) mass is 557 g/mol. The molecule has 200 valence electrons. The van der Waals surface area contributed by atoms with E-state index < -0.39 is 0 Å². The number of hydrogen-bond donors (Lipinski definition) is 1. The van der Waals surface area contributed by atoms with Gasteiger partial charge in [-0.2, -0.15) is 0 Å². The van der Waals surface area contributed by atoms with Gasteiger partial charge in [-0.3, -0.25) is 0 Å². The molecule has 9 rings (SSSR count). The van der Waals surface area contributed by atoms with Crippen LogP contribution in [-0.4, -0.2) is 18.0 Å². The second-order valence-corrected chi connectivity index (χ2v) is 12.3. The standard InChI is InChI=1S/C38H27N3S/c1-2-10-24(11-3-1)25-18-20-26(21-19-25)37-29-14-4-7-15-32(29)39-38(40-37)41-33-16-8-5-12-27(33)30-23-36-31(22-34(30)41)28-13-6-9-17-35(28)42-36/h1-23,27,33,38-39H. The van der Waals surface area contributed by atoms with E-state index in [1.165, 1.54) is 42.6 Å². The predicted molar refractivity (Wildman–Crippen MR) is 178 cm³/mol. The molecule has 3 heterocycles. The second kappa shape index (κ2) is 9.30. The van der Waals surface area contributed by atoms with Gasteiger partial charge >= 0.3 is 0 Å². The van der Waals surface area contributed by atoms with Crippen LogP contribution in [0.15, 0.2) is 145 Å². The first-order valence-corrected chi connectivity index (χ1v) is 15.3. The molecule has 3 unspecified atom stereocenters. The van der Waals surface area contributed by atoms with Crippen molar-refractivity contribution in [2.75, 3.05) is 10.2 Å². The van der Waals surface area contributed by atoms with Gasteiger partial charge in [-0.25, -0.2) is 4.99 Å². The zero-order chi connectivity index (χ0) is 27.6. The van der Waals surface area contributed by atoms with Crippen molar-refractivity contribution in [3.63, 3.8) is 0 Å². The highest BCUT2D eigenvalue weighted by atomic mass is 32.1. The lowest BCUT2D eigenvalue weighted by atomic mass is 9.91. The average Bonchev–Trinajstić information content (AvgIpc) is 3.58. The fourth-order valence-electron chi connectivity index (χ4n) is 6.86. The number of nitrogens with zero attached hydrogens (tertiary/aromatic N) is 2. The summed E-state index contributed by atoms with van der Waals surface area (Å²) in [6.07, 6.45) is 8.82. The van der Waals surface area contributed by atoms with Crippen LogP contribution in [0.1, 0.15) is 22.6 Å². The van der Waals surface area contributed by atoms with Crippen LogP contribution < -0.4 is 10.2 Å². The summed E-state index contributed by atoms with van der Waals surface area (Å²) in [5.41, 5.74) is 9.47. The van der Waals surface area contributed by atoms with Crippen LogP contribution in [0.25, 0.3) is 31.3 Å². The number of anilines is 2. The van der Waals surface area contributed by atoms with Crippen LogP contribution >= 0.6 is 11.3 Å². The molecule has 0 bridgehead atoms. The molecule has 1 aliphatic carbocycles. The normalized spacial score (nSPS) is 20.2. The smallest absolute Gasteiger partial charge is 0.197 e. The Bertz CT molecular complexity index is 2080. The Morgan fingerprint density at radius 1 is 0.643 bits per heavy atom. The maximum atomic E-state index is 5.47. The molecule has 0 saturated carbocycles. The second-order valence-electron chi connectivity index (χ2n) is 11.2. The van der Waals surface area contributed by atoms with Crippen LogP contribution in [0.5, 0.6) is 0 Å². The highest BCUT2D eigenvalue weighted by Gasteiger charge is 2.42. The highest BCUT2D eigenvalue weighted by molar-refractivity contribution is 7.25. The lowest BCUT2D eigenvalue weighted by molar-refractivity contribution is 0.602. The summed E-state index contributed by atoms with van der Waals surface area (Å²) < 4.78 is 2.69.